The average molecular weight is 251 g/mol. The van der Waals surface area contributed by atoms with Gasteiger partial charge >= 0.3 is 0 Å². The molecule has 2 aromatic rings. The summed E-state index contributed by atoms with van der Waals surface area (Å²) in [6.07, 6.45) is 0. The number of rotatable bonds is 3. The highest BCUT2D eigenvalue weighted by molar-refractivity contribution is 7.15. The molecule has 0 bridgehead atoms. The van der Waals surface area contributed by atoms with Gasteiger partial charge in [0.1, 0.15) is 5.01 Å². The smallest absolute Gasteiger partial charge is 0.277 e. The van der Waals surface area contributed by atoms with Crippen LogP contribution in [-0.4, -0.2) is 26.3 Å². The second kappa shape index (κ2) is 4.62. The van der Waals surface area contributed by atoms with Gasteiger partial charge in [0.15, 0.2) is 5.69 Å². The molecule has 0 spiro atoms. The van der Waals surface area contributed by atoms with Crippen LogP contribution in [0, 0.1) is 6.92 Å². The number of nitrogens with one attached hydrogen (secondary N) is 2. The number of nitrogens with zero attached hydrogens (tertiary/aromatic N) is 3. The molecule has 0 fully saturated rings. The minimum atomic E-state index is -0.277. The summed E-state index contributed by atoms with van der Waals surface area (Å²) in [7, 11) is 0. The third-order valence-corrected chi connectivity index (χ3v) is 3.23. The second-order valence-electron chi connectivity index (χ2n) is 3.99. The van der Waals surface area contributed by atoms with Gasteiger partial charge in [-0.1, -0.05) is 25.2 Å². The summed E-state index contributed by atoms with van der Waals surface area (Å²) in [5, 5.41) is 18.6. The van der Waals surface area contributed by atoms with Gasteiger partial charge in [-0.3, -0.25) is 15.2 Å². The minimum absolute atomic E-state index is 0.277. The number of amides is 1. The van der Waals surface area contributed by atoms with E-state index in [4.69, 9.17) is 0 Å². The zero-order valence-electron chi connectivity index (χ0n) is 9.81. The third kappa shape index (κ3) is 2.68. The van der Waals surface area contributed by atoms with Crippen LogP contribution in [0.5, 0.6) is 0 Å². The number of hydrogen-bond donors (Lipinski definition) is 2. The summed E-state index contributed by atoms with van der Waals surface area (Å²) in [5.41, 5.74) is 1.19. The molecule has 0 saturated carbocycles. The Morgan fingerprint density at radius 3 is 2.76 bits per heavy atom. The Hall–Kier alpha value is -1.76. The molecule has 0 aromatic carbocycles. The monoisotopic (exact) mass is 251 g/mol. The molecule has 2 rings (SSSR count). The molecule has 0 radical (unpaired) electrons. The van der Waals surface area contributed by atoms with Gasteiger partial charge in [-0.05, 0) is 13.0 Å². The van der Waals surface area contributed by atoms with Crippen molar-refractivity contribution in [3.05, 3.63) is 22.5 Å². The molecule has 17 heavy (non-hydrogen) atoms. The number of carbonyl (C=O) groups excluding carboxylic acids is 1. The van der Waals surface area contributed by atoms with E-state index in [1.54, 1.807) is 6.07 Å². The van der Waals surface area contributed by atoms with Crippen LogP contribution in [0.15, 0.2) is 6.07 Å². The summed E-state index contributed by atoms with van der Waals surface area (Å²) in [4.78, 5) is 11.8. The van der Waals surface area contributed by atoms with Crippen molar-refractivity contribution >= 4 is 22.4 Å². The van der Waals surface area contributed by atoms with Gasteiger partial charge < -0.3 is 0 Å². The SMILES string of the molecule is Cc1cc(C(=O)Nc2nnc(C(C)C)s2)n[nH]1. The van der Waals surface area contributed by atoms with Crippen LogP contribution in [0.4, 0.5) is 5.13 Å². The molecule has 2 N–H and O–H groups in total. The lowest BCUT2D eigenvalue weighted by Gasteiger charge is -1.96. The Morgan fingerprint density at radius 1 is 1.47 bits per heavy atom. The predicted molar refractivity (Wildman–Crippen MR) is 65.3 cm³/mol. The first kappa shape index (κ1) is 11.7. The lowest BCUT2D eigenvalue weighted by molar-refractivity contribution is 0.102. The van der Waals surface area contributed by atoms with E-state index in [0.29, 0.717) is 16.7 Å². The van der Waals surface area contributed by atoms with Crippen LogP contribution in [0.2, 0.25) is 0 Å². The Balaban J connectivity index is 2.07. The highest BCUT2D eigenvalue weighted by atomic mass is 32.1. The van der Waals surface area contributed by atoms with Gasteiger partial charge in [-0.15, -0.1) is 10.2 Å². The van der Waals surface area contributed by atoms with Crippen molar-refractivity contribution in [2.24, 2.45) is 0 Å². The standard InChI is InChI=1S/C10H13N5OS/c1-5(2)9-14-15-10(17-9)11-8(16)7-4-6(3)12-13-7/h4-5H,1-3H3,(H,12,13)(H,11,15,16). The number of anilines is 1. The zero-order chi connectivity index (χ0) is 12.4. The predicted octanol–water partition coefficient (Wildman–Crippen LogP) is 1.95. The van der Waals surface area contributed by atoms with Crippen LogP contribution in [0.3, 0.4) is 0 Å². The number of aromatic nitrogens is 4. The molecule has 2 heterocycles. The maximum absolute atomic E-state index is 11.8. The van der Waals surface area contributed by atoms with E-state index in [1.165, 1.54) is 11.3 Å². The van der Waals surface area contributed by atoms with E-state index in [2.05, 4.69) is 25.7 Å². The zero-order valence-corrected chi connectivity index (χ0v) is 10.6. The van der Waals surface area contributed by atoms with Crippen molar-refractivity contribution in [3.63, 3.8) is 0 Å². The van der Waals surface area contributed by atoms with Crippen molar-refractivity contribution in [1.29, 1.82) is 0 Å². The van der Waals surface area contributed by atoms with Crippen molar-refractivity contribution in [2.45, 2.75) is 26.7 Å². The molecule has 0 aliphatic heterocycles. The summed E-state index contributed by atoms with van der Waals surface area (Å²) in [6.45, 7) is 5.90. The van der Waals surface area contributed by atoms with Crippen LogP contribution < -0.4 is 5.32 Å². The Kier molecular flexibility index (Phi) is 3.19. The maximum atomic E-state index is 11.8. The molecule has 1 amide bonds. The molecule has 6 nitrogen and oxygen atoms in total. The van der Waals surface area contributed by atoms with Gasteiger partial charge in [0.2, 0.25) is 5.13 Å². The Morgan fingerprint density at radius 2 is 2.24 bits per heavy atom. The van der Waals surface area contributed by atoms with Crippen LogP contribution in [0.1, 0.15) is 41.0 Å². The van der Waals surface area contributed by atoms with Gasteiger partial charge in [-0.2, -0.15) is 5.10 Å². The fraction of sp³-hybridized carbons (Fsp3) is 0.400. The molecular weight excluding hydrogens is 238 g/mol. The number of aryl methyl sites for hydroxylation is 1. The quantitative estimate of drug-likeness (QED) is 0.873. The van der Waals surface area contributed by atoms with Gasteiger partial charge in [0.25, 0.3) is 5.91 Å². The highest BCUT2D eigenvalue weighted by Gasteiger charge is 2.13. The summed E-state index contributed by atoms with van der Waals surface area (Å²) < 4.78 is 0. The lowest BCUT2D eigenvalue weighted by atomic mass is 10.2. The van der Waals surface area contributed by atoms with Gasteiger partial charge in [0, 0.05) is 11.6 Å². The third-order valence-electron chi connectivity index (χ3n) is 2.09. The molecule has 2 aromatic heterocycles. The molecule has 0 aliphatic carbocycles. The average Bonchev–Trinajstić information content (AvgIpc) is 2.86. The molecule has 7 heteroatoms. The molecule has 0 atom stereocenters. The number of H-pyrrole nitrogens is 1. The summed E-state index contributed by atoms with van der Waals surface area (Å²) in [6, 6.07) is 1.68. The van der Waals surface area contributed by atoms with E-state index >= 15 is 0 Å². The maximum Gasteiger partial charge on any atom is 0.277 e. The molecule has 0 unspecified atom stereocenters. The van der Waals surface area contributed by atoms with E-state index < -0.39 is 0 Å². The summed E-state index contributed by atoms with van der Waals surface area (Å²) >= 11 is 1.38. The minimum Gasteiger partial charge on any atom is -0.295 e. The fourth-order valence-corrected chi connectivity index (χ4v) is 1.95. The molecule has 0 saturated heterocycles. The largest absolute Gasteiger partial charge is 0.295 e. The molecular formula is C10H13N5OS. The Bertz CT molecular complexity index is 530. The van der Waals surface area contributed by atoms with Crippen molar-refractivity contribution < 1.29 is 4.79 Å². The fourth-order valence-electron chi connectivity index (χ4n) is 1.21. The van der Waals surface area contributed by atoms with E-state index in [9.17, 15) is 4.79 Å². The van der Waals surface area contributed by atoms with Crippen molar-refractivity contribution in [3.8, 4) is 0 Å². The lowest BCUT2D eigenvalue weighted by Crippen LogP contribution is -2.12. The first-order valence-electron chi connectivity index (χ1n) is 5.23. The molecule has 0 aliphatic rings. The highest BCUT2D eigenvalue weighted by Crippen LogP contribution is 2.22. The van der Waals surface area contributed by atoms with E-state index in [-0.39, 0.29) is 5.91 Å². The molecule has 90 valence electrons. The van der Waals surface area contributed by atoms with Crippen molar-refractivity contribution in [1.82, 2.24) is 20.4 Å². The van der Waals surface area contributed by atoms with Crippen LogP contribution >= 0.6 is 11.3 Å². The normalized spacial score (nSPS) is 10.8. The Labute approximate surface area is 102 Å². The number of aromatic amines is 1. The topological polar surface area (TPSA) is 83.6 Å². The first-order valence-corrected chi connectivity index (χ1v) is 6.04. The van der Waals surface area contributed by atoms with Crippen LogP contribution in [-0.2, 0) is 0 Å². The second-order valence-corrected chi connectivity index (χ2v) is 5.00. The number of hydrogen-bond acceptors (Lipinski definition) is 5. The summed E-state index contributed by atoms with van der Waals surface area (Å²) in [5.74, 6) is 0.0339. The number of carbonyl (C=O) groups is 1. The van der Waals surface area contributed by atoms with Gasteiger partial charge in [0.05, 0.1) is 0 Å². The van der Waals surface area contributed by atoms with Gasteiger partial charge in [-0.25, -0.2) is 0 Å². The van der Waals surface area contributed by atoms with Crippen LogP contribution in [0.25, 0.3) is 0 Å². The van der Waals surface area contributed by atoms with E-state index in [1.807, 2.05) is 20.8 Å². The van der Waals surface area contributed by atoms with E-state index in [0.717, 1.165) is 10.7 Å². The first-order chi connectivity index (χ1) is 8.06. The van der Waals surface area contributed by atoms with Crippen molar-refractivity contribution in [2.75, 3.05) is 5.32 Å².